The van der Waals surface area contributed by atoms with Gasteiger partial charge in [-0.25, -0.2) is 13.1 Å². The van der Waals surface area contributed by atoms with Crippen LogP contribution >= 0.6 is 11.6 Å². The van der Waals surface area contributed by atoms with Gasteiger partial charge in [-0.05, 0) is 55.7 Å². The molecule has 1 aliphatic carbocycles. The lowest BCUT2D eigenvalue weighted by Crippen LogP contribution is -2.47. The molecule has 0 heterocycles. The van der Waals surface area contributed by atoms with Crippen molar-refractivity contribution >= 4 is 21.6 Å². The molecule has 2 aromatic carbocycles. The number of sulfonamides is 1. The smallest absolute Gasteiger partial charge is 0.240 e. The molecule has 24 heavy (non-hydrogen) atoms. The van der Waals surface area contributed by atoms with Crippen LogP contribution in [0.4, 0.5) is 0 Å². The molecule has 0 saturated heterocycles. The lowest BCUT2D eigenvalue weighted by atomic mass is 9.93. The van der Waals surface area contributed by atoms with E-state index in [9.17, 15) is 8.42 Å². The maximum Gasteiger partial charge on any atom is 0.240 e. The molecule has 0 aromatic heterocycles. The van der Waals surface area contributed by atoms with Crippen molar-refractivity contribution in [2.75, 3.05) is 0 Å². The van der Waals surface area contributed by atoms with Gasteiger partial charge in [-0.3, -0.25) is 0 Å². The number of benzene rings is 2. The maximum atomic E-state index is 12.6. The molecule has 0 radical (unpaired) electrons. The highest BCUT2D eigenvalue weighted by atomic mass is 35.5. The zero-order valence-corrected chi connectivity index (χ0v) is 14.8. The Morgan fingerprint density at radius 1 is 0.958 bits per heavy atom. The Morgan fingerprint density at radius 2 is 1.62 bits per heavy atom. The van der Waals surface area contributed by atoms with Crippen LogP contribution in [0.15, 0.2) is 59.5 Å². The summed E-state index contributed by atoms with van der Waals surface area (Å²) >= 11 is 5.83. The topological polar surface area (TPSA) is 55.4 Å². The quantitative estimate of drug-likeness (QED) is 0.871. The summed E-state index contributed by atoms with van der Waals surface area (Å²) in [6.45, 7) is 0. The number of hydrogen-bond acceptors (Lipinski definition) is 3. The molecule has 0 aliphatic heterocycles. The van der Waals surface area contributed by atoms with Crippen molar-refractivity contribution in [3.8, 4) is 5.75 Å². The Bertz CT molecular complexity index is 763. The fourth-order valence-electron chi connectivity index (χ4n) is 2.93. The third kappa shape index (κ3) is 4.29. The minimum atomic E-state index is -3.59. The highest BCUT2D eigenvalue weighted by Gasteiger charge is 2.31. The summed E-state index contributed by atoms with van der Waals surface area (Å²) in [6.07, 6.45) is 3.47. The van der Waals surface area contributed by atoms with E-state index in [1.807, 2.05) is 30.3 Å². The number of ether oxygens (including phenoxy) is 1. The fourth-order valence-corrected chi connectivity index (χ4v) is 4.35. The van der Waals surface area contributed by atoms with Crippen LogP contribution in [0.3, 0.4) is 0 Å². The molecular formula is C18H20ClNO3S. The van der Waals surface area contributed by atoms with Gasteiger partial charge in [0.1, 0.15) is 11.9 Å². The summed E-state index contributed by atoms with van der Waals surface area (Å²) in [5, 5.41) is 0.511. The second-order valence-corrected chi connectivity index (χ2v) is 8.09. The molecule has 6 heteroatoms. The number of rotatable bonds is 5. The first-order chi connectivity index (χ1) is 11.5. The predicted octanol–water partition coefficient (Wildman–Crippen LogP) is 4.01. The van der Waals surface area contributed by atoms with Crippen LogP contribution in [0, 0.1) is 0 Å². The predicted molar refractivity (Wildman–Crippen MR) is 94.9 cm³/mol. The van der Waals surface area contributed by atoms with Gasteiger partial charge in [-0.1, -0.05) is 36.2 Å². The number of para-hydroxylation sites is 1. The van der Waals surface area contributed by atoms with Crippen LogP contribution in [0.1, 0.15) is 25.7 Å². The van der Waals surface area contributed by atoms with E-state index in [1.165, 1.54) is 12.1 Å². The normalized spacial score (nSPS) is 21.4. The Hall–Kier alpha value is -1.56. The second-order valence-electron chi connectivity index (χ2n) is 5.94. The van der Waals surface area contributed by atoms with Crippen LogP contribution < -0.4 is 9.46 Å². The first-order valence-electron chi connectivity index (χ1n) is 8.04. The SMILES string of the molecule is O=S(=O)(N[C@@H]1CCCC[C@H]1Oc1ccccc1)c1ccc(Cl)cc1. The Labute approximate surface area is 147 Å². The molecule has 2 atom stereocenters. The van der Waals surface area contributed by atoms with Crippen molar-refractivity contribution in [2.45, 2.75) is 42.7 Å². The van der Waals surface area contributed by atoms with Gasteiger partial charge in [0.05, 0.1) is 10.9 Å². The van der Waals surface area contributed by atoms with Crippen molar-refractivity contribution in [1.29, 1.82) is 0 Å². The Morgan fingerprint density at radius 3 is 2.33 bits per heavy atom. The molecule has 2 aromatic rings. The van der Waals surface area contributed by atoms with E-state index in [4.69, 9.17) is 16.3 Å². The van der Waals surface area contributed by atoms with Gasteiger partial charge < -0.3 is 4.74 Å². The summed E-state index contributed by atoms with van der Waals surface area (Å²) in [5.74, 6) is 0.764. The second kappa shape index (κ2) is 7.55. The van der Waals surface area contributed by atoms with E-state index in [2.05, 4.69) is 4.72 Å². The molecule has 1 saturated carbocycles. The zero-order valence-electron chi connectivity index (χ0n) is 13.2. The average molecular weight is 366 g/mol. The molecule has 1 aliphatic rings. The van der Waals surface area contributed by atoms with Crippen LogP contribution in [0.2, 0.25) is 5.02 Å². The van der Waals surface area contributed by atoms with Crippen molar-refractivity contribution in [2.24, 2.45) is 0 Å². The first-order valence-corrected chi connectivity index (χ1v) is 9.90. The number of hydrogen-bond donors (Lipinski definition) is 1. The van der Waals surface area contributed by atoms with Gasteiger partial charge >= 0.3 is 0 Å². The van der Waals surface area contributed by atoms with Crippen molar-refractivity contribution < 1.29 is 13.2 Å². The van der Waals surface area contributed by atoms with E-state index in [-0.39, 0.29) is 17.0 Å². The summed E-state index contributed by atoms with van der Waals surface area (Å²) < 4.78 is 34.0. The molecule has 0 bridgehead atoms. The molecule has 128 valence electrons. The van der Waals surface area contributed by atoms with Gasteiger partial charge in [0, 0.05) is 5.02 Å². The van der Waals surface area contributed by atoms with Crippen molar-refractivity contribution in [3.63, 3.8) is 0 Å². The maximum absolute atomic E-state index is 12.6. The van der Waals surface area contributed by atoms with Gasteiger partial charge in [-0.15, -0.1) is 0 Å². The van der Waals surface area contributed by atoms with E-state index >= 15 is 0 Å². The van der Waals surface area contributed by atoms with Gasteiger partial charge in [0.2, 0.25) is 10.0 Å². The van der Waals surface area contributed by atoms with Crippen LogP contribution in [0.5, 0.6) is 5.75 Å². The molecule has 4 nitrogen and oxygen atoms in total. The Balaban J connectivity index is 1.74. The summed E-state index contributed by atoms with van der Waals surface area (Å²) in [4.78, 5) is 0.218. The third-order valence-electron chi connectivity index (χ3n) is 4.16. The minimum Gasteiger partial charge on any atom is -0.489 e. The molecular weight excluding hydrogens is 346 g/mol. The number of halogens is 1. The molecule has 0 unspecified atom stereocenters. The van der Waals surface area contributed by atoms with Crippen LogP contribution in [-0.4, -0.2) is 20.6 Å². The summed E-state index contributed by atoms with van der Waals surface area (Å²) in [6, 6.07) is 15.5. The molecule has 1 N–H and O–H groups in total. The molecule has 1 fully saturated rings. The third-order valence-corrected chi connectivity index (χ3v) is 5.92. The van der Waals surface area contributed by atoms with E-state index in [1.54, 1.807) is 12.1 Å². The molecule has 0 spiro atoms. The zero-order chi connectivity index (χ0) is 17.0. The van der Waals surface area contributed by atoms with E-state index in [0.717, 1.165) is 31.4 Å². The van der Waals surface area contributed by atoms with Crippen molar-refractivity contribution in [3.05, 3.63) is 59.6 Å². The largest absolute Gasteiger partial charge is 0.489 e. The summed E-state index contributed by atoms with van der Waals surface area (Å²) in [5.41, 5.74) is 0. The van der Waals surface area contributed by atoms with Crippen molar-refractivity contribution in [1.82, 2.24) is 4.72 Å². The first kappa shape index (κ1) is 17.3. The standard InChI is InChI=1S/C18H20ClNO3S/c19-14-10-12-16(13-11-14)24(21,22)20-17-8-4-5-9-18(17)23-15-6-2-1-3-7-15/h1-3,6-7,10-13,17-18,20H,4-5,8-9H2/t17-,18-/m1/s1. The number of nitrogens with one attached hydrogen (secondary N) is 1. The highest BCUT2D eigenvalue weighted by molar-refractivity contribution is 7.89. The van der Waals surface area contributed by atoms with Gasteiger partial charge in [0.25, 0.3) is 0 Å². The lowest BCUT2D eigenvalue weighted by molar-refractivity contribution is 0.125. The van der Waals surface area contributed by atoms with Crippen LogP contribution in [-0.2, 0) is 10.0 Å². The lowest BCUT2D eigenvalue weighted by Gasteiger charge is -2.32. The summed E-state index contributed by atoms with van der Waals surface area (Å²) in [7, 11) is -3.59. The average Bonchev–Trinajstić information content (AvgIpc) is 2.58. The van der Waals surface area contributed by atoms with E-state index < -0.39 is 10.0 Å². The molecule has 3 rings (SSSR count). The molecule has 0 amide bonds. The highest BCUT2D eigenvalue weighted by Crippen LogP contribution is 2.25. The monoisotopic (exact) mass is 365 g/mol. The van der Waals surface area contributed by atoms with Gasteiger partial charge in [0.15, 0.2) is 0 Å². The van der Waals surface area contributed by atoms with Crippen LogP contribution in [0.25, 0.3) is 0 Å². The minimum absolute atomic E-state index is 0.164. The fraction of sp³-hybridized carbons (Fsp3) is 0.333. The Kier molecular flexibility index (Phi) is 5.43. The van der Waals surface area contributed by atoms with E-state index in [0.29, 0.717) is 5.02 Å². The van der Waals surface area contributed by atoms with Gasteiger partial charge in [-0.2, -0.15) is 0 Å².